The minimum atomic E-state index is -0.783. The van der Waals surface area contributed by atoms with Crippen molar-refractivity contribution in [1.82, 2.24) is 4.98 Å². The maximum atomic E-state index is 12.4. The van der Waals surface area contributed by atoms with Crippen molar-refractivity contribution in [2.45, 2.75) is 6.92 Å². The summed E-state index contributed by atoms with van der Waals surface area (Å²) in [4.78, 5) is 27.7. The number of ketones is 1. The lowest BCUT2D eigenvalue weighted by Crippen LogP contribution is -2.23. The zero-order valence-corrected chi connectivity index (χ0v) is 11.9. The van der Waals surface area contributed by atoms with Crippen LogP contribution in [0.25, 0.3) is 10.9 Å². The van der Waals surface area contributed by atoms with Gasteiger partial charge in [0, 0.05) is 16.6 Å². The number of Topliss-reactive ketones (excluding diaryl/α,β-unsaturated/α-hetero) is 1. The smallest absolute Gasteiger partial charge is 0.296 e. The molecule has 0 unspecified atom stereocenters. The molecule has 0 aliphatic heterocycles. The molecule has 2 aromatic carbocycles. The molecular weight excluding hydrogens is 280 g/mol. The Hall–Kier alpha value is -3.08. The minimum absolute atomic E-state index is 0.0840. The summed E-state index contributed by atoms with van der Waals surface area (Å²) in [6.45, 7) is 1.75. The Labute approximate surface area is 126 Å². The van der Waals surface area contributed by atoms with Gasteiger partial charge < -0.3 is 15.4 Å². The van der Waals surface area contributed by atoms with Crippen LogP contribution in [0, 0.1) is 6.92 Å². The number of phenolic OH excluding ortho intramolecular Hbond substituents is 1. The first-order chi connectivity index (χ1) is 10.6. The van der Waals surface area contributed by atoms with Crippen molar-refractivity contribution in [1.29, 1.82) is 0 Å². The summed E-state index contributed by atoms with van der Waals surface area (Å²) < 4.78 is 0. The van der Waals surface area contributed by atoms with Crippen molar-refractivity contribution in [3.63, 3.8) is 0 Å². The van der Waals surface area contributed by atoms with E-state index < -0.39 is 11.7 Å². The van der Waals surface area contributed by atoms with E-state index in [1.807, 2.05) is 18.2 Å². The molecule has 110 valence electrons. The van der Waals surface area contributed by atoms with Crippen LogP contribution in [0.1, 0.15) is 16.1 Å². The number of rotatable bonds is 3. The second kappa shape index (κ2) is 5.37. The maximum absolute atomic E-state index is 12.4. The number of fused-ring (bicyclic) bond motifs is 1. The highest BCUT2D eigenvalue weighted by Gasteiger charge is 2.23. The molecule has 0 saturated carbocycles. The average Bonchev–Trinajstić information content (AvgIpc) is 2.84. The number of aromatic nitrogens is 1. The first-order valence-electron chi connectivity index (χ1n) is 6.79. The second-order valence-corrected chi connectivity index (χ2v) is 4.97. The fraction of sp³-hybridized carbons (Fsp3) is 0.0588. The summed E-state index contributed by atoms with van der Waals surface area (Å²) in [5.41, 5.74) is 2.00. The number of anilines is 1. The van der Waals surface area contributed by atoms with E-state index in [9.17, 15) is 14.7 Å². The van der Waals surface area contributed by atoms with Crippen molar-refractivity contribution in [3.8, 4) is 5.75 Å². The van der Waals surface area contributed by atoms with Crippen LogP contribution in [0.15, 0.2) is 48.5 Å². The first kappa shape index (κ1) is 13.9. The lowest BCUT2D eigenvalue weighted by Gasteiger charge is -2.06. The quantitative estimate of drug-likeness (QED) is 0.394. The molecule has 1 amide bonds. The Morgan fingerprint density at radius 3 is 2.50 bits per heavy atom. The number of para-hydroxylation sites is 3. The number of phenols is 1. The molecule has 0 bridgehead atoms. The molecule has 5 heteroatoms. The topological polar surface area (TPSA) is 82.2 Å². The second-order valence-electron chi connectivity index (χ2n) is 4.97. The predicted molar refractivity (Wildman–Crippen MR) is 84.1 cm³/mol. The van der Waals surface area contributed by atoms with E-state index in [2.05, 4.69) is 10.3 Å². The number of hydrogen-bond acceptors (Lipinski definition) is 3. The fourth-order valence-corrected chi connectivity index (χ4v) is 2.44. The van der Waals surface area contributed by atoms with E-state index in [-0.39, 0.29) is 11.4 Å². The molecule has 0 radical (unpaired) electrons. The fourth-order valence-electron chi connectivity index (χ4n) is 2.44. The van der Waals surface area contributed by atoms with Crippen molar-refractivity contribution in [2.24, 2.45) is 0 Å². The zero-order valence-electron chi connectivity index (χ0n) is 11.9. The lowest BCUT2D eigenvalue weighted by atomic mass is 10.1. The highest BCUT2D eigenvalue weighted by molar-refractivity contribution is 6.48. The third kappa shape index (κ3) is 2.33. The molecule has 0 aliphatic carbocycles. The third-order valence-corrected chi connectivity index (χ3v) is 3.48. The lowest BCUT2D eigenvalue weighted by molar-refractivity contribution is -0.112. The summed E-state index contributed by atoms with van der Waals surface area (Å²) in [6, 6.07) is 13.6. The van der Waals surface area contributed by atoms with Crippen molar-refractivity contribution >= 4 is 28.3 Å². The number of nitrogens with one attached hydrogen (secondary N) is 2. The number of carbonyl (C=O) groups excluding carboxylic acids is 2. The molecule has 0 aliphatic rings. The Morgan fingerprint density at radius 2 is 1.73 bits per heavy atom. The van der Waals surface area contributed by atoms with Gasteiger partial charge in [0.05, 0.1) is 11.3 Å². The number of benzene rings is 2. The summed E-state index contributed by atoms with van der Waals surface area (Å²) in [7, 11) is 0. The molecule has 0 saturated heterocycles. The van der Waals surface area contributed by atoms with Crippen LogP contribution < -0.4 is 5.32 Å². The maximum Gasteiger partial charge on any atom is 0.296 e. The highest BCUT2D eigenvalue weighted by atomic mass is 16.3. The number of aryl methyl sites for hydroxylation is 1. The van der Waals surface area contributed by atoms with Gasteiger partial charge in [0.2, 0.25) is 0 Å². The third-order valence-electron chi connectivity index (χ3n) is 3.48. The van der Waals surface area contributed by atoms with Crippen LogP contribution in [-0.4, -0.2) is 21.8 Å². The summed E-state index contributed by atoms with van der Waals surface area (Å²) in [5, 5.41) is 12.8. The normalized spacial score (nSPS) is 10.6. The van der Waals surface area contributed by atoms with E-state index in [0.29, 0.717) is 16.6 Å². The van der Waals surface area contributed by atoms with Crippen LogP contribution in [0.5, 0.6) is 5.75 Å². The van der Waals surface area contributed by atoms with Crippen LogP contribution >= 0.6 is 0 Å². The van der Waals surface area contributed by atoms with E-state index in [1.54, 1.807) is 25.1 Å². The van der Waals surface area contributed by atoms with E-state index in [1.165, 1.54) is 12.1 Å². The van der Waals surface area contributed by atoms with Crippen LogP contribution in [-0.2, 0) is 4.79 Å². The SMILES string of the molecule is Cc1[nH]c2ccccc2c1C(=O)C(=O)Nc1ccccc1O. The van der Waals surface area contributed by atoms with Crippen LogP contribution in [0.4, 0.5) is 5.69 Å². The molecule has 1 heterocycles. The van der Waals surface area contributed by atoms with Crippen LogP contribution in [0.2, 0.25) is 0 Å². The Morgan fingerprint density at radius 1 is 1.05 bits per heavy atom. The molecule has 5 nitrogen and oxygen atoms in total. The van der Waals surface area contributed by atoms with Gasteiger partial charge in [0.15, 0.2) is 0 Å². The first-order valence-corrected chi connectivity index (χ1v) is 6.79. The van der Waals surface area contributed by atoms with E-state index >= 15 is 0 Å². The van der Waals surface area contributed by atoms with Crippen molar-refractivity contribution in [2.75, 3.05) is 5.32 Å². The van der Waals surface area contributed by atoms with Gasteiger partial charge in [-0.25, -0.2) is 0 Å². The van der Waals surface area contributed by atoms with Gasteiger partial charge in [-0.3, -0.25) is 9.59 Å². The highest BCUT2D eigenvalue weighted by Crippen LogP contribution is 2.24. The van der Waals surface area contributed by atoms with Gasteiger partial charge in [0.25, 0.3) is 11.7 Å². The van der Waals surface area contributed by atoms with Crippen LogP contribution in [0.3, 0.4) is 0 Å². The molecular formula is C17H14N2O3. The molecule has 1 aromatic heterocycles. The van der Waals surface area contributed by atoms with Crippen molar-refractivity contribution < 1.29 is 14.7 Å². The Balaban J connectivity index is 1.94. The molecule has 0 atom stereocenters. The number of aromatic hydroxyl groups is 1. The summed E-state index contributed by atoms with van der Waals surface area (Å²) in [5.74, 6) is -1.51. The molecule has 22 heavy (non-hydrogen) atoms. The Kier molecular flexibility index (Phi) is 3.39. The Bertz CT molecular complexity index is 880. The number of carbonyl (C=O) groups is 2. The van der Waals surface area contributed by atoms with Gasteiger partial charge in [-0.2, -0.15) is 0 Å². The van der Waals surface area contributed by atoms with Crippen molar-refractivity contribution in [3.05, 3.63) is 59.8 Å². The number of aromatic amines is 1. The summed E-state index contributed by atoms with van der Waals surface area (Å²) >= 11 is 0. The standard InChI is InChI=1S/C17H14N2O3/c1-10-15(11-6-2-3-7-12(11)18-10)16(21)17(22)19-13-8-4-5-9-14(13)20/h2-9,18,20H,1H3,(H,19,22). The monoisotopic (exact) mass is 294 g/mol. The average molecular weight is 294 g/mol. The van der Waals surface area contributed by atoms with E-state index in [4.69, 9.17) is 0 Å². The molecule has 3 aromatic rings. The predicted octanol–water partition coefficient (Wildman–Crippen LogP) is 3.00. The van der Waals surface area contributed by atoms with Gasteiger partial charge in [0.1, 0.15) is 5.75 Å². The molecule has 3 rings (SSSR count). The zero-order chi connectivity index (χ0) is 15.7. The molecule has 0 fully saturated rings. The molecule has 3 N–H and O–H groups in total. The summed E-state index contributed by atoms with van der Waals surface area (Å²) in [6.07, 6.45) is 0. The number of hydrogen-bond donors (Lipinski definition) is 3. The number of H-pyrrole nitrogens is 1. The van der Waals surface area contributed by atoms with Gasteiger partial charge in [-0.05, 0) is 25.1 Å². The van der Waals surface area contributed by atoms with Gasteiger partial charge >= 0.3 is 0 Å². The largest absolute Gasteiger partial charge is 0.506 e. The van der Waals surface area contributed by atoms with Gasteiger partial charge in [-0.1, -0.05) is 30.3 Å². The van der Waals surface area contributed by atoms with Gasteiger partial charge in [-0.15, -0.1) is 0 Å². The van der Waals surface area contributed by atoms with E-state index in [0.717, 1.165) is 5.52 Å². The minimum Gasteiger partial charge on any atom is -0.506 e. The number of amides is 1. The molecule has 0 spiro atoms.